The summed E-state index contributed by atoms with van der Waals surface area (Å²) >= 11 is 5.93. The van der Waals surface area contributed by atoms with Crippen molar-refractivity contribution >= 4 is 34.7 Å². The zero-order valence-corrected chi connectivity index (χ0v) is 18.9. The van der Waals surface area contributed by atoms with Crippen LogP contribution >= 0.6 is 11.6 Å². The van der Waals surface area contributed by atoms with Gasteiger partial charge in [0.05, 0.1) is 16.7 Å². The molecule has 6 nitrogen and oxygen atoms in total. The second kappa shape index (κ2) is 8.75. The minimum Gasteiger partial charge on any atom is -0.507 e. The molecule has 1 unspecified atom stereocenters. The van der Waals surface area contributed by atoms with Crippen LogP contribution in [0.15, 0.2) is 64.6 Å². The summed E-state index contributed by atoms with van der Waals surface area (Å²) in [5.41, 5.74) is 0.339. The van der Waals surface area contributed by atoms with E-state index in [-0.39, 0.29) is 33.9 Å². The van der Waals surface area contributed by atoms with E-state index in [2.05, 4.69) is 0 Å². The van der Waals surface area contributed by atoms with Gasteiger partial charge in [-0.2, -0.15) is 0 Å². The van der Waals surface area contributed by atoms with Gasteiger partial charge in [0.1, 0.15) is 34.9 Å². The third kappa shape index (κ3) is 4.24. The number of hydrogen-bond acceptors (Lipinski definition) is 5. The van der Waals surface area contributed by atoms with E-state index in [4.69, 9.17) is 20.8 Å². The molecule has 1 saturated heterocycles. The molecule has 2 aromatic carbocycles. The van der Waals surface area contributed by atoms with E-state index < -0.39 is 23.5 Å². The highest BCUT2D eigenvalue weighted by molar-refractivity contribution is 6.51. The molecule has 0 radical (unpaired) electrons. The zero-order valence-electron chi connectivity index (χ0n) is 18.1. The van der Waals surface area contributed by atoms with E-state index in [1.54, 1.807) is 43.3 Å². The van der Waals surface area contributed by atoms with Crippen molar-refractivity contribution in [2.24, 2.45) is 0 Å². The van der Waals surface area contributed by atoms with Crippen LogP contribution in [0.3, 0.4) is 0 Å². The van der Waals surface area contributed by atoms with Crippen LogP contribution in [0.4, 0.5) is 10.1 Å². The number of aryl methyl sites for hydroxylation is 1. The van der Waals surface area contributed by atoms with Gasteiger partial charge < -0.3 is 14.3 Å². The molecule has 0 bridgehead atoms. The Morgan fingerprint density at radius 2 is 1.91 bits per heavy atom. The molecule has 8 heteroatoms. The number of ether oxygens (including phenoxy) is 1. The number of carbonyl (C=O) groups excluding carboxylic acids is 2. The SMILES string of the molecule is Cc1ccc(C2/C(=C(/O)c3cccc(OC(C)C)c3)C(=O)C(=O)N2c2ccc(F)c(Cl)c2)o1. The first-order valence-corrected chi connectivity index (χ1v) is 10.6. The van der Waals surface area contributed by atoms with E-state index >= 15 is 0 Å². The lowest BCUT2D eigenvalue weighted by Crippen LogP contribution is -2.29. The Labute approximate surface area is 194 Å². The highest BCUT2D eigenvalue weighted by atomic mass is 35.5. The van der Waals surface area contributed by atoms with Crippen LogP contribution in [0.1, 0.15) is 37.0 Å². The van der Waals surface area contributed by atoms with Crippen molar-refractivity contribution in [3.05, 3.63) is 88.1 Å². The minimum absolute atomic E-state index is 0.0951. The van der Waals surface area contributed by atoms with Crippen molar-refractivity contribution < 1.29 is 28.2 Å². The maximum Gasteiger partial charge on any atom is 0.300 e. The fourth-order valence-corrected chi connectivity index (χ4v) is 3.92. The Bertz CT molecular complexity index is 1280. The van der Waals surface area contributed by atoms with Crippen LogP contribution in [-0.4, -0.2) is 22.9 Å². The fraction of sp³-hybridized carbons (Fsp3) is 0.200. The molecule has 0 aliphatic carbocycles. The molecule has 1 aliphatic heterocycles. The summed E-state index contributed by atoms with van der Waals surface area (Å²) in [6, 6.07) is 12.5. The molecule has 1 aromatic heterocycles. The number of amides is 1. The molecule has 1 N–H and O–H groups in total. The average molecular weight is 470 g/mol. The van der Waals surface area contributed by atoms with Crippen molar-refractivity contribution in [1.82, 2.24) is 0 Å². The van der Waals surface area contributed by atoms with Gasteiger partial charge in [0, 0.05) is 11.3 Å². The summed E-state index contributed by atoms with van der Waals surface area (Å²) in [5.74, 6) is -1.51. The second-order valence-electron chi connectivity index (χ2n) is 7.91. The fourth-order valence-electron chi connectivity index (χ4n) is 3.75. The summed E-state index contributed by atoms with van der Waals surface area (Å²) in [4.78, 5) is 27.3. The predicted molar refractivity (Wildman–Crippen MR) is 122 cm³/mol. The number of hydrogen-bond donors (Lipinski definition) is 1. The lowest BCUT2D eigenvalue weighted by atomic mass is 9.99. The second-order valence-corrected chi connectivity index (χ2v) is 8.32. The molecule has 0 spiro atoms. The monoisotopic (exact) mass is 469 g/mol. The van der Waals surface area contributed by atoms with Gasteiger partial charge in [-0.1, -0.05) is 23.7 Å². The number of ketones is 1. The van der Waals surface area contributed by atoms with E-state index in [0.29, 0.717) is 17.1 Å². The molecule has 0 saturated carbocycles. The Hall–Kier alpha value is -3.58. The van der Waals surface area contributed by atoms with Gasteiger partial charge in [0.25, 0.3) is 11.7 Å². The number of rotatable bonds is 5. The standard InChI is InChI=1S/C25H21ClFNO5/c1-13(2)32-17-6-4-5-15(11-17)23(29)21-22(20-10-7-14(3)33-20)28(25(31)24(21)30)16-8-9-19(27)18(26)12-16/h4-13,22,29H,1-3H3/b23-21-. The summed E-state index contributed by atoms with van der Waals surface area (Å²) in [6.07, 6.45) is -0.0951. The number of furan rings is 1. The number of carbonyl (C=O) groups is 2. The summed E-state index contributed by atoms with van der Waals surface area (Å²) in [7, 11) is 0. The highest BCUT2D eigenvalue weighted by Gasteiger charge is 2.48. The molecule has 4 rings (SSSR count). The Morgan fingerprint density at radius 3 is 2.55 bits per heavy atom. The average Bonchev–Trinajstić information content (AvgIpc) is 3.30. The van der Waals surface area contributed by atoms with E-state index in [1.165, 1.54) is 12.1 Å². The number of Topliss-reactive ketones (excluding diaryl/α,β-unsaturated/α-hetero) is 1. The molecule has 2 heterocycles. The normalized spacial score (nSPS) is 17.8. The summed E-state index contributed by atoms with van der Waals surface area (Å²) in [6.45, 7) is 5.45. The first kappa shape index (κ1) is 22.6. The van der Waals surface area contributed by atoms with Gasteiger partial charge in [0.15, 0.2) is 0 Å². The molecule has 1 atom stereocenters. The maximum atomic E-state index is 13.8. The van der Waals surface area contributed by atoms with E-state index in [0.717, 1.165) is 11.0 Å². The molecule has 3 aromatic rings. The smallest absolute Gasteiger partial charge is 0.300 e. The Balaban J connectivity index is 1.90. The van der Waals surface area contributed by atoms with Crippen LogP contribution in [0, 0.1) is 12.7 Å². The topological polar surface area (TPSA) is 80.0 Å². The maximum absolute atomic E-state index is 13.8. The number of benzene rings is 2. The Morgan fingerprint density at radius 1 is 1.15 bits per heavy atom. The van der Waals surface area contributed by atoms with Crippen LogP contribution < -0.4 is 9.64 Å². The largest absolute Gasteiger partial charge is 0.507 e. The summed E-state index contributed by atoms with van der Waals surface area (Å²) in [5, 5.41) is 11.0. The van der Waals surface area contributed by atoms with Gasteiger partial charge >= 0.3 is 0 Å². The molecular weight excluding hydrogens is 449 g/mol. The number of aliphatic hydroxyl groups excluding tert-OH is 1. The first-order valence-electron chi connectivity index (χ1n) is 10.3. The predicted octanol–water partition coefficient (Wildman–Crippen LogP) is 5.79. The number of anilines is 1. The van der Waals surface area contributed by atoms with Gasteiger partial charge in [-0.15, -0.1) is 0 Å². The molecule has 170 valence electrons. The third-order valence-electron chi connectivity index (χ3n) is 5.14. The van der Waals surface area contributed by atoms with Crippen LogP contribution in [-0.2, 0) is 9.59 Å². The number of nitrogens with zero attached hydrogens (tertiary/aromatic N) is 1. The molecular formula is C25H21ClFNO5. The first-order chi connectivity index (χ1) is 15.7. The van der Waals surface area contributed by atoms with Crippen molar-refractivity contribution in [3.63, 3.8) is 0 Å². The molecule has 1 amide bonds. The molecule has 33 heavy (non-hydrogen) atoms. The lowest BCUT2D eigenvalue weighted by Gasteiger charge is -2.23. The Kier molecular flexibility index (Phi) is 5.99. The van der Waals surface area contributed by atoms with Crippen LogP contribution in [0.25, 0.3) is 5.76 Å². The van der Waals surface area contributed by atoms with Crippen molar-refractivity contribution in [2.75, 3.05) is 4.90 Å². The third-order valence-corrected chi connectivity index (χ3v) is 5.43. The van der Waals surface area contributed by atoms with E-state index in [9.17, 15) is 19.1 Å². The van der Waals surface area contributed by atoms with Crippen molar-refractivity contribution in [3.8, 4) is 5.75 Å². The van der Waals surface area contributed by atoms with Gasteiger partial charge in [0.2, 0.25) is 0 Å². The molecule has 1 aliphatic rings. The molecule has 1 fully saturated rings. The summed E-state index contributed by atoms with van der Waals surface area (Å²) < 4.78 is 25.2. The van der Waals surface area contributed by atoms with Gasteiger partial charge in [-0.05, 0) is 63.2 Å². The van der Waals surface area contributed by atoms with Crippen LogP contribution in [0.5, 0.6) is 5.75 Å². The highest BCUT2D eigenvalue weighted by Crippen LogP contribution is 2.43. The van der Waals surface area contributed by atoms with Gasteiger partial charge in [-0.25, -0.2) is 4.39 Å². The minimum atomic E-state index is -1.07. The van der Waals surface area contributed by atoms with Crippen molar-refractivity contribution in [2.45, 2.75) is 32.9 Å². The number of halogens is 2. The zero-order chi connectivity index (χ0) is 23.9. The van der Waals surface area contributed by atoms with Gasteiger partial charge in [-0.3, -0.25) is 14.5 Å². The van der Waals surface area contributed by atoms with E-state index in [1.807, 2.05) is 13.8 Å². The number of aliphatic hydroxyl groups is 1. The lowest BCUT2D eigenvalue weighted by molar-refractivity contribution is -0.132. The van der Waals surface area contributed by atoms with Crippen LogP contribution in [0.2, 0.25) is 5.02 Å². The van der Waals surface area contributed by atoms with Crippen molar-refractivity contribution in [1.29, 1.82) is 0 Å². The quantitative estimate of drug-likeness (QED) is 0.290.